The molecule has 0 atom stereocenters. The van der Waals surface area contributed by atoms with E-state index in [9.17, 15) is 9.59 Å². The number of carbonyl (C=O) groups excluding carboxylic acids is 2. The summed E-state index contributed by atoms with van der Waals surface area (Å²) in [7, 11) is 4.50. The number of anilines is 1. The quantitative estimate of drug-likeness (QED) is 0.590. The van der Waals surface area contributed by atoms with Crippen molar-refractivity contribution in [2.75, 3.05) is 26.6 Å². The lowest BCUT2D eigenvalue weighted by molar-refractivity contribution is -0.114. The summed E-state index contributed by atoms with van der Waals surface area (Å²) in [6.07, 6.45) is 0. The van der Waals surface area contributed by atoms with Gasteiger partial charge in [-0.05, 0) is 36.4 Å². The Morgan fingerprint density at radius 3 is 2.10 bits per heavy atom. The number of ether oxygens (including phenoxy) is 3. The van der Waals surface area contributed by atoms with Crippen LogP contribution in [0, 0.1) is 0 Å². The Hall–Kier alpha value is -3.39. The summed E-state index contributed by atoms with van der Waals surface area (Å²) in [5.41, 5.74) is 2.27. The fraction of sp³-hybridized carbons (Fsp3) is 0.190. The van der Waals surface area contributed by atoms with Crippen LogP contribution < -0.4 is 19.5 Å². The maximum absolute atomic E-state index is 12.9. The van der Waals surface area contributed by atoms with Crippen molar-refractivity contribution in [3.05, 3.63) is 53.0 Å². The molecule has 1 N–H and O–H groups in total. The van der Waals surface area contributed by atoms with Gasteiger partial charge in [-0.3, -0.25) is 9.59 Å². The van der Waals surface area contributed by atoms with Gasteiger partial charge in [-0.25, -0.2) is 4.98 Å². The minimum atomic E-state index is -0.249. The average molecular weight is 412 g/mol. The Balaban J connectivity index is 1.88. The van der Waals surface area contributed by atoms with Crippen molar-refractivity contribution in [2.24, 2.45) is 0 Å². The topological polar surface area (TPSA) is 86.8 Å². The molecule has 7 nitrogen and oxygen atoms in total. The molecular formula is C21H20N2O5S. The van der Waals surface area contributed by atoms with Crippen LogP contribution in [0.1, 0.15) is 23.0 Å². The Morgan fingerprint density at radius 1 is 0.966 bits per heavy atom. The van der Waals surface area contributed by atoms with Crippen LogP contribution >= 0.6 is 11.3 Å². The van der Waals surface area contributed by atoms with Crippen LogP contribution in [0.5, 0.6) is 17.2 Å². The van der Waals surface area contributed by atoms with Crippen LogP contribution in [0.2, 0.25) is 0 Å². The molecule has 0 saturated carbocycles. The molecule has 0 aliphatic carbocycles. The van der Waals surface area contributed by atoms with Crippen LogP contribution in [0.3, 0.4) is 0 Å². The van der Waals surface area contributed by atoms with Crippen molar-refractivity contribution >= 4 is 28.7 Å². The van der Waals surface area contributed by atoms with E-state index in [1.54, 1.807) is 29.6 Å². The van der Waals surface area contributed by atoms with Crippen molar-refractivity contribution in [1.82, 2.24) is 4.98 Å². The molecule has 8 heteroatoms. The highest BCUT2D eigenvalue weighted by molar-refractivity contribution is 7.13. The van der Waals surface area contributed by atoms with E-state index in [1.807, 2.05) is 12.1 Å². The zero-order chi connectivity index (χ0) is 21.0. The first-order valence-electron chi connectivity index (χ1n) is 8.65. The lowest BCUT2D eigenvalue weighted by Gasteiger charge is -2.13. The third-order valence-electron chi connectivity index (χ3n) is 4.12. The molecule has 150 valence electrons. The smallest absolute Gasteiger partial charge is 0.221 e. The van der Waals surface area contributed by atoms with Gasteiger partial charge in [0.1, 0.15) is 10.7 Å². The second kappa shape index (κ2) is 8.74. The number of nitrogens with zero attached hydrogens (tertiary/aromatic N) is 1. The number of carbonyl (C=O) groups is 2. The van der Waals surface area contributed by atoms with Crippen molar-refractivity contribution in [3.8, 4) is 27.8 Å². The Kier molecular flexibility index (Phi) is 6.13. The summed E-state index contributed by atoms with van der Waals surface area (Å²) in [6, 6.07) is 10.5. The largest absolute Gasteiger partial charge is 0.493 e. The number of ketones is 1. The van der Waals surface area contributed by atoms with Gasteiger partial charge >= 0.3 is 0 Å². The summed E-state index contributed by atoms with van der Waals surface area (Å²) in [5.74, 6) is 0.843. The van der Waals surface area contributed by atoms with E-state index in [2.05, 4.69) is 10.3 Å². The second-order valence-electron chi connectivity index (χ2n) is 6.04. The van der Waals surface area contributed by atoms with Crippen molar-refractivity contribution < 1.29 is 23.8 Å². The highest BCUT2D eigenvalue weighted by atomic mass is 32.1. The van der Waals surface area contributed by atoms with Gasteiger partial charge in [-0.1, -0.05) is 0 Å². The number of methoxy groups -OCH3 is 3. The minimum absolute atomic E-state index is 0.134. The van der Waals surface area contributed by atoms with Crippen LogP contribution in [0.25, 0.3) is 10.6 Å². The standard InChI is InChI=1S/C21H20N2O5S/c1-12(24)22-15-7-5-13(6-8-15)21-23-16(11-29-21)19(25)14-9-17(26-2)20(28-4)18(10-14)27-3/h5-11H,1-4H3,(H,22,24). The molecule has 0 aliphatic heterocycles. The lowest BCUT2D eigenvalue weighted by Crippen LogP contribution is -2.05. The summed E-state index contributed by atoms with van der Waals surface area (Å²) < 4.78 is 15.9. The molecule has 0 radical (unpaired) electrons. The number of nitrogens with one attached hydrogen (secondary N) is 1. The average Bonchev–Trinajstić information content (AvgIpc) is 3.22. The van der Waals surface area contributed by atoms with E-state index in [0.717, 1.165) is 5.56 Å². The van der Waals surface area contributed by atoms with E-state index < -0.39 is 0 Å². The zero-order valence-corrected chi connectivity index (χ0v) is 17.3. The Labute approximate surface area is 172 Å². The summed E-state index contributed by atoms with van der Waals surface area (Å²) >= 11 is 1.37. The molecule has 2 aromatic carbocycles. The molecule has 0 bridgehead atoms. The molecule has 1 heterocycles. The maximum Gasteiger partial charge on any atom is 0.221 e. The fourth-order valence-electron chi connectivity index (χ4n) is 2.77. The highest BCUT2D eigenvalue weighted by Crippen LogP contribution is 2.39. The summed E-state index contributed by atoms with van der Waals surface area (Å²) in [5, 5.41) is 5.13. The molecule has 29 heavy (non-hydrogen) atoms. The number of benzene rings is 2. The number of hydrogen-bond acceptors (Lipinski definition) is 7. The zero-order valence-electron chi connectivity index (χ0n) is 16.4. The van der Waals surface area contributed by atoms with Gasteiger partial charge in [0.05, 0.1) is 21.3 Å². The first-order valence-corrected chi connectivity index (χ1v) is 9.53. The molecule has 1 amide bonds. The minimum Gasteiger partial charge on any atom is -0.493 e. The van der Waals surface area contributed by atoms with Crippen molar-refractivity contribution in [2.45, 2.75) is 6.92 Å². The molecule has 0 saturated heterocycles. The Bertz CT molecular complexity index is 1020. The SMILES string of the molecule is COc1cc(C(=O)c2csc(-c3ccc(NC(C)=O)cc3)n2)cc(OC)c1OC. The molecule has 0 unspecified atom stereocenters. The number of thiazole rings is 1. The van der Waals surface area contributed by atoms with Gasteiger partial charge in [0.2, 0.25) is 17.4 Å². The van der Waals surface area contributed by atoms with Crippen molar-refractivity contribution in [3.63, 3.8) is 0 Å². The molecule has 3 aromatic rings. The third-order valence-corrected chi connectivity index (χ3v) is 5.01. The third kappa shape index (κ3) is 4.38. The number of aromatic nitrogens is 1. The Morgan fingerprint density at radius 2 is 1.59 bits per heavy atom. The number of amides is 1. The first-order chi connectivity index (χ1) is 14.0. The number of rotatable bonds is 7. The van der Waals surface area contributed by atoms with Crippen LogP contribution in [-0.2, 0) is 4.79 Å². The fourth-order valence-corrected chi connectivity index (χ4v) is 3.58. The highest BCUT2D eigenvalue weighted by Gasteiger charge is 2.20. The number of hydrogen-bond donors (Lipinski definition) is 1. The van der Waals surface area contributed by atoms with Crippen molar-refractivity contribution in [1.29, 1.82) is 0 Å². The van der Waals surface area contributed by atoms with E-state index in [0.29, 0.717) is 39.2 Å². The monoisotopic (exact) mass is 412 g/mol. The molecule has 3 rings (SSSR count). The van der Waals surface area contributed by atoms with Crippen LogP contribution in [-0.4, -0.2) is 38.0 Å². The second-order valence-corrected chi connectivity index (χ2v) is 6.90. The van der Waals surface area contributed by atoms with E-state index in [-0.39, 0.29) is 11.7 Å². The predicted molar refractivity (Wildman–Crippen MR) is 111 cm³/mol. The van der Waals surface area contributed by atoms with E-state index in [4.69, 9.17) is 14.2 Å². The van der Waals surface area contributed by atoms with Crippen LogP contribution in [0.15, 0.2) is 41.8 Å². The molecule has 0 aliphatic rings. The molecule has 0 fully saturated rings. The normalized spacial score (nSPS) is 10.3. The van der Waals surface area contributed by atoms with Gasteiger partial charge in [0.15, 0.2) is 11.5 Å². The lowest BCUT2D eigenvalue weighted by atomic mass is 10.1. The van der Waals surface area contributed by atoms with E-state index in [1.165, 1.54) is 39.6 Å². The maximum atomic E-state index is 12.9. The van der Waals surface area contributed by atoms with Gasteiger partial charge in [0, 0.05) is 29.1 Å². The predicted octanol–water partition coefficient (Wildman–Crippen LogP) is 4.03. The van der Waals surface area contributed by atoms with Gasteiger partial charge in [-0.15, -0.1) is 11.3 Å². The summed E-state index contributed by atoms with van der Waals surface area (Å²) in [4.78, 5) is 28.5. The van der Waals surface area contributed by atoms with Gasteiger partial charge in [0.25, 0.3) is 0 Å². The molecule has 1 aromatic heterocycles. The molecular weight excluding hydrogens is 392 g/mol. The van der Waals surface area contributed by atoms with E-state index >= 15 is 0 Å². The van der Waals surface area contributed by atoms with Gasteiger partial charge < -0.3 is 19.5 Å². The molecule has 0 spiro atoms. The van der Waals surface area contributed by atoms with Crippen LogP contribution in [0.4, 0.5) is 5.69 Å². The first kappa shape index (κ1) is 20.3. The summed E-state index contributed by atoms with van der Waals surface area (Å²) in [6.45, 7) is 1.45. The van der Waals surface area contributed by atoms with Gasteiger partial charge in [-0.2, -0.15) is 0 Å².